The van der Waals surface area contributed by atoms with E-state index in [-0.39, 0.29) is 12.4 Å². The Bertz CT molecular complexity index is 399. The molecule has 1 unspecified atom stereocenters. The van der Waals surface area contributed by atoms with Gasteiger partial charge in [-0.05, 0) is 87.8 Å². The maximum atomic E-state index is 5.66. The topological polar surface area (TPSA) is 29.3 Å². The molecule has 1 aromatic carbocycles. The first kappa shape index (κ1) is 17.4. The van der Waals surface area contributed by atoms with Crippen LogP contribution in [-0.4, -0.2) is 24.5 Å². The molecule has 5 heteroatoms. The van der Waals surface area contributed by atoms with Gasteiger partial charge in [0.05, 0.1) is 0 Å². The zero-order chi connectivity index (χ0) is 13.0. The van der Waals surface area contributed by atoms with E-state index >= 15 is 0 Å². The SMILES string of the molecule is Cl.NCCC1CCCN(Cc2ccc(Br)c(Br)c2)C1. The second kappa shape index (κ2) is 8.63. The summed E-state index contributed by atoms with van der Waals surface area (Å²) >= 11 is 7.08. The molecule has 0 aliphatic carbocycles. The van der Waals surface area contributed by atoms with Crippen LogP contribution in [0.4, 0.5) is 0 Å². The van der Waals surface area contributed by atoms with E-state index in [1.165, 1.54) is 37.9 Å². The van der Waals surface area contributed by atoms with Gasteiger partial charge >= 0.3 is 0 Å². The summed E-state index contributed by atoms with van der Waals surface area (Å²) in [5.41, 5.74) is 7.04. The Kier molecular flexibility index (Phi) is 7.92. The van der Waals surface area contributed by atoms with Crippen LogP contribution in [0.15, 0.2) is 27.1 Å². The Balaban J connectivity index is 0.00000180. The van der Waals surface area contributed by atoms with Gasteiger partial charge in [0.2, 0.25) is 0 Å². The highest BCUT2D eigenvalue weighted by Gasteiger charge is 2.19. The van der Waals surface area contributed by atoms with Crippen LogP contribution in [0.3, 0.4) is 0 Å². The maximum absolute atomic E-state index is 5.66. The number of likely N-dealkylation sites (tertiary alicyclic amines) is 1. The standard InChI is InChI=1S/C14H20Br2N2.ClH/c15-13-4-3-12(8-14(13)16)10-18-7-1-2-11(9-18)5-6-17;/h3-4,8,11H,1-2,5-7,9-10,17H2;1H. The number of piperidine rings is 1. The fourth-order valence-corrected chi connectivity index (χ4v) is 3.34. The molecule has 2 N–H and O–H groups in total. The summed E-state index contributed by atoms with van der Waals surface area (Å²) in [6.07, 6.45) is 3.82. The summed E-state index contributed by atoms with van der Waals surface area (Å²) in [4.78, 5) is 2.56. The Labute approximate surface area is 138 Å². The van der Waals surface area contributed by atoms with E-state index in [9.17, 15) is 0 Å². The van der Waals surface area contributed by atoms with Crippen molar-refractivity contribution in [2.24, 2.45) is 11.7 Å². The molecule has 0 saturated carbocycles. The molecule has 0 spiro atoms. The highest BCUT2D eigenvalue weighted by molar-refractivity contribution is 9.13. The monoisotopic (exact) mass is 410 g/mol. The minimum atomic E-state index is 0. The Hall–Kier alpha value is 0.390. The summed E-state index contributed by atoms with van der Waals surface area (Å²) in [7, 11) is 0. The van der Waals surface area contributed by atoms with Gasteiger partial charge < -0.3 is 5.73 Å². The number of benzene rings is 1. The van der Waals surface area contributed by atoms with Crippen LogP contribution in [0, 0.1) is 5.92 Å². The van der Waals surface area contributed by atoms with Crippen LogP contribution in [0.5, 0.6) is 0 Å². The Morgan fingerprint density at radius 1 is 1.26 bits per heavy atom. The van der Waals surface area contributed by atoms with Gasteiger partial charge in [-0.15, -0.1) is 12.4 Å². The summed E-state index contributed by atoms with van der Waals surface area (Å²) in [5.74, 6) is 0.794. The number of rotatable bonds is 4. The van der Waals surface area contributed by atoms with E-state index in [4.69, 9.17) is 5.73 Å². The first-order valence-corrected chi connectivity index (χ1v) is 8.14. The third-order valence-corrected chi connectivity index (χ3v) is 5.45. The molecule has 2 nitrogen and oxygen atoms in total. The van der Waals surface area contributed by atoms with Crippen molar-refractivity contribution in [1.29, 1.82) is 0 Å². The number of nitrogens with two attached hydrogens (primary N) is 1. The van der Waals surface area contributed by atoms with Crippen LogP contribution in [-0.2, 0) is 6.54 Å². The van der Waals surface area contributed by atoms with Crippen molar-refractivity contribution in [1.82, 2.24) is 4.90 Å². The number of nitrogens with zero attached hydrogens (tertiary/aromatic N) is 1. The largest absolute Gasteiger partial charge is 0.330 e. The molecule has 1 heterocycles. The third kappa shape index (κ3) is 5.35. The summed E-state index contributed by atoms with van der Waals surface area (Å²) in [6.45, 7) is 4.29. The molecular weight excluding hydrogens is 391 g/mol. The van der Waals surface area contributed by atoms with Crippen LogP contribution in [0.1, 0.15) is 24.8 Å². The molecule has 0 radical (unpaired) electrons. The summed E-state index contributed by atoms with van der Waals surface area (Å²) in [5, 5.41) is 0. The van der Waals surface area contributed by atoms with Crippen LogP contribution in [0.2, 0.25) is 0 Å². The van der Waals surface area contributed by atoms with Gasteiger partial charge in [-0.3, -0.25) is 4.90 Å². The molecule has 1 fully saturated rings. The van der Waals surface area contributed by atoms with E-state index < -0.39 is 0 Å². The van der Waals surface area contributed by atoms with Gasteiger partial charge in [0.1, 0.15) is 0 Å². The lowest BCUT2D eigenvalue weighted by molar-refractivity contribution is 0.163. The second-order valence-corrected chi connectivity index (χ2v) is 6.78. The molecule has 1 aromatic rings. The van der Waals surface area contributed by atoms with Crippen molar-refractivity contribution in [3.63, 3.8) is 0 Å². The van der Waals surface area contributed by atoms with Gasteiger partial charge in [-0.1, -0.05) is 6.07 Å². The van der Waals surface area contributed by atoms with Crippen LogP contribution >= 0.6 is 44.3 Å². The lowest BCUT2D eigenvalue weighted by Gasteiger charge is -2.32. The van der Waals surface area contributed by atoms with Crippen molar-refractivity contribution >= 4 is 44.3 Å². The predicted octanol–water partition coefficient (Wildman–Crippen LogP) is 4.19. The molecule has 108 valence electrons. The average molecular weight is 413 g/mol. The minimum absolute atomic E-state index is 0. The van der Waals surface area contributed by atoms with Gasteiger partial charge in [-0.2, -0.15) is 0 Å². The van der Waals surface area contributed by atoms with Crippen LogP contribution < -0.4 is 5.73 Å². The zero-order valence-electron chi connectivity index (χ0n) is 10.9. The molecule has 2 rings (SSSR count). The fraction of sp³-hybridized carbons (Fsp3) is 0.571. The van der Waals surface area contributed by atoms with Gasteiger partial charge in [0.15, 0.2) is 0 Å². The van der Waals surface area contributed by atoms with Gasteiger partial charge in [0, 0.05) is 22.0 Å². The number of hydrogen-bond acceptors (Lipinski definition) is 2. The molecule has 0 aromatic heterocycles. The number of halogens is 3. The Morgan fingerprint density at radius 3 is 2.74 bits per heavy atom. The number of hydrogen-bond donors (Lipinski definition) is 1. The molecule has 0 bridgehead atoms. The first-order valence-electron chi connectivity index (χ1n) is 6.55. The highest BCUT2D eigenvalue weighted by atomic mass is 79.9. The van der Waals surface area contributed by atoms with E-state index in [1.807, 2.05) is 0 Å². The molecular formula is C14H21Br2ClN2. The molecule has 1 saturated heterocycles. The Morgan fingerprint density at radius 2 is 2.05 bits per heavy atom. The molecule has 1 aliphatic heterocycles. The first-order chi connectivity index (χ1) is 8.69. The zero-order valence-corrected chi connectivity index (χ0v) is 14.9. The van der Waals surface area contributed by atoms with Crippen molar-refractivity contribution in [2.75, 3.05) is 19.6 Å². The van der Waals surface area contributed by atoms with E-state index in [0.29, 0.717) is 0 Å². The van der Waals surface area contributed by atoms with Crippen molar-refractivity contribution in [3.8, 4) is 0 Å². The second-order valence-electron chi connectivity index (χ2n) is 5.07. The lowest BCUT2D eigenvalue weighted by atomic mass is 9.94. The van der Waals surface area contributed by atoms with Crippen molar-refractivity contribution < 1.29 is 0 Å². The fourth-order valence-electron chi connectivity index (χ4n) is 2.66. The van der Waals surface area contributed by atoms with E-state index in [0.717, 1.165) is 28.0 Å². The summed E-state index contributed by atoms with van der Waals surface area (Å²) in [6, 6.07) is 6.51. The average Bonchev–Trinajstić information content (AvgIpc) is 2.35. The predicted molar refractivity (Wildman–Crippen MR) is 90.8 cm³/mol. The minimum Gasteiger partial charge on any atom is -0.330 e. The van der Waals surface area contributed by atoms with Crippen LogP contribution in [0.25, 0.3) is 0 Å². The normalized spacial score (nSPS) is 20.1. The van der Waals surface area contributed by atoms with Crippen molar-refractivity contribution in [3.05, 3.63) is 32.7 Å². The van der Waals surface area contributed by atoms with Gasteiger partial charge in [0.25, 0.3) is 0 Å². The molecule has 1 atom stereocenters. The smallest absolute Gasteiger partial charge is 0.0320 e. The van der Waals surface area contributed by atoms with E-state index in [2.05, 4.69) is 55.0 Å². The maximum Gasteiger partial charge on any atom is 0.0320 e. The highest BCUT2D eigenvalue weighted by Crippen LogP contribution is 2.26. The van der Waals surface area contributed by atoms with E-state index in [1.54, 1.807) is 0 Å². The van der Waals surface area contributed by atoms with Crippen molar-refractivity contribution in [2.45, 2.75) is 25.8 Å². The summed E-state index contributed by atoms with van der Waals surface area (Å²) < 4.78 is 2.25. The molecule has 1 aliphatic rings. The third-order valence-electron chi connectivity index (χ3n) is 3.57. The van der Waals surface area contributed by atoms with Gasteiger partial charge in [-0.25, -0.2) is 0 Å². The molecule has 19 heavy (non-hydrogen) atoms. The quantitative estimate of drug-likeness (QED) is 0.803. The lowest BCUT2D eigenvalue weighted by Crippen LogP contribution is -2.35. The molecule has 0 amide bonds.